The summed E-state index contributed by atoms with van der Waals surface area (Å²) in [6.07, 6.45) is 1.83. The van der Waals surface area contributed by atoms with Gasteiger partial charge in [0.1, 0.15) is 0 Å². The third kappa shape index (κ3) is 2.91. The maximum absolute atomic E-state index is 12.9. The smallest absolute Gasteiger partial charge is 0.253 e. The minimum absolute atomic E-state index is 0.190. The number of anilines is 1. The van der Waals surface area contributed by atoms with Gasteiger partial charge in [0.15, 0.2) is 0 Å². The van der Waals surface area contributed by atoms with E-state index in [0.29, 0.717) is 5.57 Å². The largest absolute Gasteiger partial charge is 0.322 e. The number of fused-ring (bicyclic) bond motifs is 2. The first-order valence-electron chi connectivity index (χ1n) is 9.15. The molecule has 0 spiro atoms. The monoisotopic (exact) mass is 360 g/mol. The van der Waals surface area contributed by atoms with E-state index in [4.69, 9.17) is 0 Å². The van der Waals surface area contributed by atoms with Crippen LogP contribution in [-0.2, 0) is 4.79 Å². The number of nitrogens with zero attached hydrogens (tertiary/aromatic N) is 1. The number of hydrogen-bond donors (Lipinski definition) is 2. The molecule has 0 fully saturated rings. The van der Waals surface area contributed by atoms with E-state index in [-0.39, 0.29) is 5.91 Å². The molecule has 4 heteroatoms. The molecular weight excluding hydrogens is 336 g/mol. The van der Waals surface area contributed by atoms with Crippen LogP contribution < -0.4 is 5.32 Å². The molecule has 0 aliphatic carbocycles. The molecule has 0 aromatic heterocycles. The highest BCUT2D eigenvalue weighted by Crippen LogP contribution is 2.38. The van der Waals surface area contributed by atoms with E-state index in [0.717, 1.165) is 16.5 Å². The van der Waals surface area contributed by atoms with E-state index in [1.807, 2.05) is 64.1 Å². The van der Waals surface area contributed by atoms with Gasteiger partial charge in [0.2, 0.25) is 0 Å². The number of nitrogens with one attached hydrogen (secondary N) is 1. The van der Waals surface area contributed by atoms with Gasteiger partial charge in [0.25, 0.3) is 5.91 Å². The molecule has 4 rings (SSSR count). The van der Waals surface area contributed by atoms with E-state index >= 15 is 0 Å². The highest BCUT2D eigenvalue weighted by molar-refractivity contribution is 6.07. The summed E-state index contributed by atoms with van der Waals surface area (Å²) in [5, 5.41) is 19.2. The Labute approximate surface area is 159 Å². The molecule has 0 bridgehead atoms. The average molecular weight is 360 g/mol. The van der Waals surface area contributed by atoms with Crippen molar-refractivity contribution in [2.45, 2.75) is 38.8 Å². The zero-order chi connectivity index (χ0) is 19.4. The summed E-state index contributed by atoms with van der Waals surface area (Å²) in [4.78, 5) is 12.9. The lowest BCUT2D eigenvalue weighted by molar-refractivity contribution is -0.185. The number of amides is 1. The van der Waals surface area contributed by atoms with Gasteiger partial charge in [0.05, 0.1) is 11.1 Å². The fourth-order valence-corrected chi connectivity index (χ4v) is 3.99. The van der Waals surface area contributed by atoms with Gasteiger partial charge in [-0.3, -0.25) is 4.79 Å². The second-order valence-corrected chi connectivity index (χ2v) is 8.30. The van der Waals surface area contributed by atoms with Gasteiger partial charge in [-0.1, -0.05) is 36.4 Å². The number of rotatable bonds is 2. The summed E-state index contributed by atoms with van der Waals surface area (Å²) < 4.78 is 0. The van der Waals surface area contributed by atoms with Gasteiger partial charge >= 0.3 is 0 Å². The fraction of sp³-hybridized carbons (Fsp3) is 0.261. The summed E-state index contributed by atoms with van der Waals surface area (Å²) >= 11 is 0. The highest BCUT2D eigenvalue weighted by atomic mass is 16.5. The highest BCUT2D eigenvalue weighted by Gasteiger charge is 2.47. The predicted molar refractivity (Wildman–Crippen MR) is 110 cm³/mol. The molecule has 2 N–H and O–H groups in total. The van der Waals surface area contributed by atoms with Gasteiger partial charge in [-0.25, -0.2) is 0 Å². The topological polar surface area (TPSA) is 52.6 Å². The van der Waals surface area contributed by atoms with E-state index in [9.17, 15) is 10.0 Å². The lowest BCUT2D eigenvalue weighted by atomic mass is 9.95. The molecular formula is C23H24N2O2. The predicted octanol–water partition coefficient (Wildman–Crippen LogP) is 5.12. The zero-order valence-electron chi connectivity index (χ0n) is 16.1. The quantitative estimate of drug-likeness (QED) is 0.624. The second-order valence-electron chi connectivity index (χ2n) is 8.30. The summed E-state index contributed by atoms with van der Waals surface area (Å²) in [6, 6.07) is 18.5. The van der Waals surface area contributed by atoms with Crippen LogP contribution in [0.3, 0.4) is 0 Å². The SMILES string of the molecule is CC1(C)C=C(C(=O)Nc2ccc3cc4ccccc4cc3c2)C(C)(C)N1O. The first kappa shape index (κ1) is 17.7. The molecule has 1 aliphatic rings. The standard InChI is InChI=1S/C23H24N2O2/c1-22(2)14-20(23(3,4)25(22)27)21(26)24-19-10-9-17-11-15-7-5-6-8-16(15)12-18(17)13-19/h5-14,27H,1-4H3,(H,24,26). The number of carbonyl (C=O) groups is 1. The minimum Gasteiger partial charge on any atom is -0.322 e. The molecule has 1 heterocycles. The Morgan fingerprint density at radius 2 is 1.48 bits per heavy atom. The van der Waals surface area contributed by atoms with Crippen molar-refractivity contribution in [3.05, 3.63) is 66.2 Å². The van der Waals surface area contributed by atoms with Gasteiger partial charge in [-0.05, 0) is 73.5 Å². The molecule has 0 saturated heterocycles. The normalized spacial score (nSPS) is 18.6. The molecule has 4 nitrogen and oxygen atoms in total. The number of hydroxylamine groups is 2. The van der Waals surface area contributed by atoms with Crippen LogP contribution >= 0.6 is 0 Å². The minimum atomic E-state index is -0.749. The number of benzene rings is 3. The van der Waals surface area contributed by atoms with Crippen molar-refractivity contribution in [2.24, 2.45) is 0 Å². The number of hydrogen-bond acceptors (Lipinski definition) is 3. The van der Waals surface area contributed by atoms with Crippen LogP contribution in [0.2, 0.25) is 0 Å². The molecule has 0 saturated carbocycles. The Balaban J connectivity index is 1.67. The van der Waals surface area contributed by atoms with E-state index in [2.05, 4.69) is 29.6 Å². The Morgan fingerprint density at radius 3 is 2.07 bits per heavy atom. The van der Waals surface area contributed by atoms with Crippen molar-refractivity contribution in [1.29, 1.82) is 0 Å². The van der Waals surface area contributed by atoms with E-state index in [1.165, 1.54) is 15.8 Å². The molecule has 3 aromatic carbocycles. The summed E-state index contributed by atoms with van der Waals surface area (Å²) in [5.41, 5.74) is -0.0265. The molecule has 138 valence electrons. The molecule has 1 amide bonds. The van der Waals surface area contributed by atoms with Gasteiger partial charge in [-0.15, -0.1) is 0 Å². The van der Waals surface area contributed by atoms with Gasteiger partial charge in [0, 0.05) is 11.3 Å². The van der Waals surface area contributed by atoms with Crippen LogP contribution in [0.1, 0.15) is 27.7 Å². The molecule has 1 aliphatic heterocycles. The van der Waals surface area contributed by atoms with Crippen molar-refractivity contribution in [1.82, 2.24) is 5.06 Å². The van der Waals surface area contributed by atoms with Crippen molar-refractivity contribution in [2.75, 3.05) is 5.32 Å². The molecule has 0 atom stereocenters. The first-order chi connectivity index (χ1) is 12.7. The second kappa shape index (κ2) is 5.91. The van der Waals surface area contributed by atoms with E-state index in [1.54, 1.807) is 0 Å². The fourth-order valence-electron chi connectivity index (χ4n) is 3.99. The lowest BCUT2D eigenvalue weighted by Gasteiger charge is -2.35. The third-order valence-corrected chi connectivity index (χ3v) is 5.44. The van der Waals surface area contributed by atoms with Crippen molar-refractivity contribution in [3.63, 3.8) is 0 Å². The maximum atomic E-state index is 12.9. The van der Waals surface area contributed by atoms with Crippen molar-refractivity contribution >= 4 is 33.1 Å². The summed E-state index contributed by atoms with van der Waals surface area (Å²) in [6.45, 7) is 7.46. The summed E-state index contributed by atoms with van der Waals surface area (Å²) in [7, 11) is 0. The average Bonchev–Trinajstić information content (AvgIpc) is 2.79. The van der Waals surface area contributed by atoms with Crippen molar-refractivity contribution in [3.8, 4) is 0 Å². The van der Waals surface area contributed by atoms with Crippen molar-refractivity contribution < 1.29 is 10.0 Å². The van der Waals surface area contributed by atoms with Gasteiger partial charge in [-0.2, -0.15) is 5.06 Å². The third-order valence-electron chi connectivity index (χ3n) is 5.44. The Morgan fingerprint density at radius 1 is 0.889 bits per heavy atom. The molecule has 3 aromatic rings. The Kier molecular flexibility index (Phi) is 3.88. The zero-order valence-corrected chi connectivity index (χ0v) is 16.1. The number of carbonyl (C=O) groups excluding carboxylic acids is 1. The van der Waals surface area contributed by atoms with Crippen LogP contribution in [-0.4, -0.2) is 27.3 Å². The Hall–Kier alpha value is -2.69. The maximum Gasteiger partial charge on any atom is 0.253 e. The lowest BCUT2D eigenvalue weighted by Crippen LogP contribution is -2.49. The van der Waals surface area contributed by atoms with Crippen LogP contribution in [0.15, 0.2) is 66.2 Å². The molecule has 0 unspecified atom stereocenters. The van der Waals surface area contributed by atoms with Crippen LogP contribution in [0.25, 0.3) is 21.5 Å². The Bertz CT molecular complexity index is 1100. The first-order valence-corrected chi connectivity index (χ1v) is 9.15. The van der Waals surface area contributed by atoms with Crippen LogP contribution in [0, 0.1) is 0 Å². The molecule has 0 radical (unpaired) electrons. The summed E-state index contributed by atoms with van der Waals surface area (Å²) in [5.74, 6) is -0.190. The molecule has 27 heavy (non-hydrogen) atoms. The van der Waals surface area contributed by atoms with E-state index < -0.39 is 11.1 Å². The van der Waals surface area contributed by atoms with Crippen LogP contribution in [0.4, 0.5) is 5.69 Å². The van der Waals surface area contributed by atoms with Gasteiger partial charge < -0.3 is 10.5 Å². The van der Waals surface area contributed by atoms with Crippen LogP contribution in [0.5, 0.6) is 0 Å².